The molecule has 0 aromatic rings. The summed E-state index contributed by atoms with van der Waals surface area (Å²) in [5.41, 5.74) is 0. The van der Waals surface area contributed by atoms with Gasteiger partial charge < -0.3 is 10.6 Å². The highest BCUT2D eigenvalue weighted by Gasteiger charge is 2.19. The maximum absolute atomic E-state index is 11.6. The maximum Gasteiger partial charge on any atom is 0.237 e. The summed E-state index contributed by atoms with van der Waals surface area (Å²) in [7, 11) is 0. The predicted molar refractivity (Wildman–Crippen MR) is 67.2 cm³/mol. The van der Waals surface area contributed by atoms with E-state index in [2.05, 4.69) is 21.9 Å². The molecule has 0 heterocycles. The Morgan fingerprint density at radius 1 is 1.12 bits per heavy atom. The Balaban J connectivity index is 4.11. The molecule has 2 amide bonds. The van der Waals surface area contributed by atoms with Gasteiger partial charge in [0.15, 0.2) is 0 Å². The Kier molecular flexibility index (Phi) is 6.99. The summed E-state index contributed by atoms with van der Waals surface area (Å²) in [6.45, 7) is 7.35. The number of hydrogen-bond acceptors (Lipinski definition) is 3. The van der Waals surface area contributed by atoms with Crippen molar-refractivity contribution in [2.75, 3.05) is 6.54 Å². The summed E-state index contributed by atoms with van der Waals surface area (Å²) in [4.78, 5) is 23.1. The topological polar surface area (TPSA) is 70.2 Å². The van der Waals surface area contributed by atoms with Gasteiger partial charge in [0.05, 0.1) is 18.6 Å². The summed E-state index contributed by atoms with van der Waals surface area (Å²) in [6.07, 6.45) is 5.03. The zero-order valence-electron chi connectivity index (χ0n) is 10.8. The van der Waals surface area contributed by atoms with Crippen molar-refractivity contribution >= 4 is 11.8 Å². The average Bonchev–Trinajstić information content (AvgIpc) is 2.24. The molecule has 0 aliphatic heterocycles. The van der Waals surface area contributed by atoms with Crippen molar-refractivity contribution in [1.29, 1.82) is 0 Å². The van der Waals surface area contributed by atoms with E-state index in [4.69, 9.17) is 6.42 Å². The molecule has 0 aromatic carbocycles. The van der Waals surface area contributed by atoms with Crippen LogP contribution in [0, 0.1) is 12.3 Å². The van der Waals surface area contributed by atoms with Gasteiger partial charge in [-0.1, -0.05) is 5.92 Å². The molecule has 0 rings (SSSR count). The van der Waals surface area contributed by atoms with Gasteiger partial charge in [-0.2, -0.15) is 0 Å². The number of terminal acetylenes is 1. The van der Waals surface area contributed by atoms with Gasteiger partial charge in [-0.05, 0) is 27.7 Å². The number of hydrogen-bond donors (Lipinski definition) is 3. The number of rotatable bonds is 6. The minimum atomic E-state index is -0.462. The fraction of sp³-hybridized carbons (Fsp3) is 0.667. The molecule has 0 aromatic heterocycles. The highest BCUT2D eigenvalue weighted by molar-refractivity contribution is 5.85. The Hall–Kier alpha value is -1.54. The fourth-order valence-corrected chi connectivity index (χ4v) is 1.23. The molecule has 0 radical (unpaired) electrons. The fourth-order valence-electron chi connectivity index (χ4n) is 1.23. The smallest absolute Gasteiger partial charge is 0.237 e. The summed E-state index contributed by atoms with van der Waals surface area (Å²) in [5, 5.41) is 8.21. The van der Waals surface area contributed by atoms with E-state index in [0.29, 0.717) is 0 Å². The van der Waals surface area contributed by atoms with E-state index in [9.17, 15) is 9.59 Å². The molecule has 0 aliphatic carbocycles. The van der Waals surface area contributed by atoms with Gasteiger partial charge in [-0.15, -0.1) is 6.42 Å². The van der Waals surface area contributed by atoms with Crippen LogP contribution in [-0.4, -0.2) is 36.5 Å². The van der Waals surface area contributed by atoms with Crippen molar-refractivity contribution in [1.82, 2.24) is 16.0 Å². The third-order valence-electron chi connectivity index (χ3n) is 2.08. The normalized spacial score (nSPS) is 13.6. The molecule has 5 nitrogen and oxygen atoms in total. The van der Waals surface area contributed by atoms with Crippen LogP contribution in [0.25, 0.3) is 0 Å². The van der Waals surface area contributed by atoms with Crippen LogP contribution in [0.5, 0.6) is 0 Å². The predicted octanol–water partition coefficient (Wildman–Crippen LogP) is -0.373. The van der Waals surface area contributed by atoms with Crippen molar-refractivity contribution in [2.45, 2.75) is 45.8 Å². The molecular weight excluding hydrogens is 218 g/mol. The summed E-state index contributed by atoms with van der Waals surface area (Å²) < 4.78 is 0. The lowest BCUT2D eigenvalue weighted by molar-refractivity contribution is -0.125. The molecule has 5 heteroatoms. The van der Waals surface area contributed by atoms with Crippen molar-refractivity contribution < 1.29 is 9.59 Å². The first kappa shape index (κ1) is 15.5. The minimum absolute atomic E-state index is 0.0809. The zero-order valence-corrected chi connectivity index (χ0v) is 10.8. The molecule has 96 valence electrons. The quantitative estimate of drug-likeness (QED) is 0.554. The van der Waals surface area contributed by atoms with Gasteiger partial charge in [0, 0.05) is 6.04 Å². The van der Waals surface area contributed by atoms with Crippen LogP contribution < -0.4 is 16.0 Å². The third kappa shape index (κ3) is 6.59. The van der Waals surface area contributed by atoms with Crippen LogP contribution in [0.4, 0.5) is 0 Å². The molecular formula is C12H21N3O2. The molecule has 0 spiro atoms. The van der Waals surface area contributed by atoms with Crippen LogP contribution in [0.3, 0.4) is 0 Å². The van der Waals surface area contributed by atoms with Crippen molar-refractivity contribution in [3.05, 3.63) is 0 Å². The van der Waals surface area contributed by atoms with E-state index in [-0.39, 0.29) is 24.4 Å². The van der Waals surface area contributed by atoms with Gasteiger partial charge in [0.25, 0.3) is 0 Å². The van der Waals surface area contributed by atoms with E-state index in [0.717, 1.165) is 0 Å². The second-order valence-corrected chi connectivity index (χ2v) is 4.20. The molecule has 0 saturated heterocycles. The second kappa shape index (κ2) is 7.69. The van der Waals surface area contributed by atoms with Crippen LogP contribution >= 0.6 is 0 Å². The highest BCUT2D eigenvalue weighted by Crippen LogP contribution is 1.90. The van der Waals surface area contributed by atoms with E-state index < -0.39 is 12.1 Å². The monoisotopic (exact) mass is 239 g/mol. The van der Waals surface area contributed by atoms with Gasteiger partial charge in [-0.3, -0.25) is 14.9 Å². The Morgan fingerprint density at radius 3 is 2.12 bits per heavy atom. The van der Waals surface area contributed by atoms with Gasteiger partial charge in [0.2, 0.25) is 11.8 Å². The van der Waals surface area contributed by atoms with Crippen LogP contribution in [0.2, 0.25) is 0 Å². The Bertz CT molecular complexity index is 307. The summed E-state index contributed by atoms with van der Waals surface area (Å²) in [6, 6.07) is -0.808. The molecule has 0 aliphatic rings. The zero-order chi connectivity index (χ0) is 13.4. The third-order valence-corrected chi connectivity index (χ3v) is 2.08. The van der Waals surface area contributed by atoms with Gasteiger partial charge >= 0.3 is 0 Å². The first-order chi connectivity index (χ1) is 7.88. The van der Waals surface area contributed by atoms with Gasteiger partial charge in [0.1, 0.15) is 0 Å². The van der Waals surface area contributed by atoms with E-state index >= 15 is 0 Å². The van der Waals surface area contributed by atoms with Crippen LogP contribution in [-0.2, 0) is 9.59 Å². The lowest BCUT2D eigenvalue weighted by Crippen LogP contribution is -2.52. The first-order valence-electron chi connectivity index (χ1n) is 5.66. The summed E-state index contributed by atoms with van der Waals surface area (Å²) in [5.74, 6) is 1.97. The molecule has 3 N–H and O–H groups in total. The minimum Gasteiger partial charge on any atom is -0.353 e. The van der Waals surface area contributed by atoms with Crippen LogP contribution in [0.15, 0.2) is 0 Å². The van der Waals surface area contributed by atoms with E-state index in [1.54, 1.807) is 13.8 Å². The number of carbonyl (C=O) groups excluding carboxylic acids is 2. The van der Waals surface area contributed by atoms with E-state index in [1.165, 1.54) is 0 Å². The Labute approximate surface area is 103 Å². The van der Waals surface area contributed by atoms with Gasteiger partial charge in [-0.25, -0.2) is 0 Å². The number of nitrogens with one attached hydrogen (secondary N) is 3. The molecule has 17 heavy (non-hydrogen) atoms. The largest absolute Gasteiger partial charge is 0.353 e. The average molecular weight is 239 g/mol. The Morgan fingerprint density at radius 2 is 1.65 bits per heavy atom. The van der Waals surface area contributed by atoms with Crippen molar-refractivity contribution in [3.63, 3.8) is 0 Å². The standard InChI is InChI=1S/C12H21N3O2/c1-6-7-13-11(16)9(4)15-10(5)12(17)14-8(2)3/h1,8-10,15H,7H2,2-5H3,(H,13,16)(H,14,17). The maximum atomic E-state index is 11.6. The van der Waals surface area contributed by atoms with E-state index in [1.807, 2.05) is 13.8 Å². The molecule has 0 bridgehead atoms. The van der Waals surface area contributed by atoms with Crippen molar-refractivity contribution in [2.24, 2.45) is 0 Å². The molecule has 2 atom stereocenters. The molecule has 0 fully saturated rings. The second-order valence-electron chi connectivity index (χ2n) is 4.20. The lowest BCUT2D eigenvalue weighted by atomic mass is 10.2. The van der Waals surface area contributed by atoms with Crippen LogP contribution in [0.1, 0.15) is 27.7 Å². The lowest BCUT2D eigenvalue weighted by Gasteiger charge is -2.20. The first-order valence-corrected chi connectivity index (χ1v) is 5.66. The number of carbonyl (C=O) groups is 2. The highest BCUT2D eigenvalue weighted by atomic mass is 16.2. The summed E-state index contributed by atoms with van der Waals surface area (Å²) >= 11 is 0. The van der Waals surface area contributed by atoms with Crippen molar-refractivity contribution in [3.8, 4) is 12.3 Å². The molecule has 0 saturated carbocycles. The molecule has 2 unspecified atom stereocenters. The number of amides is 2. The SMILES string of the molecule is C#CCNC(=O)C(C)NC(C)C(=O)NC(C)C.